The molecule has 2 amide bonds. The first-order valence-corrected chi connectivity index (χ1v) is 12.2. The van der Waals surface area contributed by atoms with Crippen LogP contribution in [-0.2, 0) is 11.3 Å². The average Bonchev–Trinajstić information content (AvgIpc) is 3.39. The van der Waals surface area contributed by atoms with Crippen molar-refractivity contribution in [3.8, 4) is 17.0 Å². The topological polar surface area (TPSA) is 87.3 Å². The van der Waals surface area contributed by atoms with Crippen molar-refractivity contribution < 1.29 is 14.3 Å². The van der Waals surface area contributed by atoms with Crippen LogP contribution in [0.3, 0.4) is 0 Å². The number of benzene rings is 2. The van der Waals surface area contributed by atoms with Crippen molar-refractivity contribution in [2.24, 2.45) is 0 Å². The molecule has 0 fully saturated rings. The van der Waals surface area contributed by atoms with Crippen LogP contribution in [0.5, 0.6) is 5.75 Å². The molecule has 0 aliphatic heterocycles. The lowest BCUT2D eigenvalue weighted by molar-refractivity contribution is -0.127. The van der Waals surface area contributed by atoms with Crippen LogP contribution in [0.25, 0.3) is 11.3 Å². The van der Waals surface area contributed by atoms with E-state index in [9.17, 15) is 9.59 Å². The number of aromatic nitrogens is 2. The van der Waals surface area contributed by atoms with Gasteiger partial charge >= 0.3 is 0 Å². The number of methoxy groups -OCH3 is 1. The molecule has 7 nitrogen and oxygen atoms in total. The van der Waals surface area contributed by atoms with Crippen molar-refractivity contribution in [1.82, 2.24) is 20.2 Å². The molecule has 0 radical (unpaired) electrons. The lowest BCUT2D eigenvalue weighted by Crippen LogP contribution is -2.49. The predicted octanol–water partition coefficient (Wildman–Crippen LogP) is 5.38. The van der Waals surface area contributed by atoms with E-state index >= 15 is 0 Å². The molecule has 2 heterocycles. The van der Waals surface area contributed by atoms with Gasteiger partial charge in [0.05, 0.1) is 7.11 Å². The summed E-state index contributed by atoms with van der Waals surface area (Å²) < 4.78 is 5.29. The summed E-state index contributed by atoms with van der Waals surface area (Å²) in [6, 6.07) is 23.6. The summed E-state index contributed by atoms with van der Waals surface area (Å²) in [5.74, 6) is 0.161. The maximum atomic E-state index is 14.1. The van der Waals surface area contributed by atoms with Gasteiger partial charge in [-0.1, -0.05) is 42.5 Å². The standard InChI is InChI=1S/C30H32N4O3/c1-30(2,3)33-28(35)27(23-16-18-31-19-17-23)34(20-21-10-12-24(37-4)13-11-21)29(36)26-15-14-25(32-26)22-8-6-5-7-9-22/h5-19,27,32H,20H2,1-4H3,(H,33,35). The molecule has 2 N–H and O–H groups in total. The Morgan fingerprint density at radius 2 is 1.62 bits per heavy atom. The first kappa shape index (κ1) is 25.7. The normalized spacial score (nSPS) is 12.0. The fourth-order valence-electron chi connectivity index (χ4n) is 4.13. The Kier molecular flexibility index (Phi) is 7.72. The minimum Gasteiger partial charge on any atom is -0.497 e. The highest BCUT2D eigenvalue weighted by Gasteiger charge is 2.34. The second-order valence-electron chi connectivity index (χ2n) is 9.86. The molecule has 0 bridgehead atoms. The van der Waals surface area contributed by atoms with E-state index in [1.165, 1.54) is 0 Å². The van der Waals surface area contributed by atoms with Gasteiger partial charge in [-0.2, -0.15) is 0 Å². The molecular formula is C30H32N4O3. The average molecular weight is 497 g/mol. The molecule has 0 spiro atoms. The van der Waals surface area contributed by atoms with Gasteiger partial charge in [-0.3, -0.25) is 14.6 Å². The molecule has 190 valence electrons. The van der Waals surface area contributed by atoms with Crippen molar-refractivity contribution in [2.75, 3.05) is 7.11 Å². The van der Waals surface area contributed by atoms with Crippen LogP contribution in [0.4, 0.5) is 0 Å². The van der Waals surface area contributed by atoms with Gasteiger partial charge in [-0.25, -0.2) is 0 Å². The van der Waals surface area contributed by atoms with E-state index < -0.39 is 11.6 Å². The molecule has 37 heavy (non-hydrogen) atoms. The zero-order valence-corrected chi connectivity index (χ0v) is 21.6. The molecule has 0 saturated heterocycles. The summed E-state index contributed by atoms with van der Waals surface area (Å²) >= 11 is 0. The van der Waals surface area contributed by atoms with Crippen LogP contribution < -0.4 is 10.1 Å². The SMILES string of the molecule is COc1ccc(CN(C(=O)c2ccc(-c3ccccc3)[nH]2)C(C(=O)NC(C)(C)C)c2ccncc2)cc1. The van der Waals surface area contributed by atoms with Crippen molar-refractivity contribution >= 4 is 11.8 Å². The van der Waals surface area contributed by atoms with Crippen LogP contribution >= 0.6 is 0 Å². The quantitative estimate of drug-likeness (QED) is 0.343. The number of nitrogens with zero attached hydrogens (tertiary/aromatic N) is 2. The largest absolute Gasteiger partial charge is 0.497 e. The summed E-state index contributed by atoms with van der Waals surface area (Å²) in [5.41, 5.74) is 3.26. The number of ether oxygens (including phenoxy) is 1. The third-order valence-corrected chi connectivity index (χ3v) is 5.85. The number of pyridine rings is 1. The number of nitrogens with one attached hydrogen (secondary N) is 2. The van der Waals surface area contributed by atoms with Crippen LogP contribution in [0.2, 0.25) is 0 Å². The van der Waals surface area contributed by atoms with E-state index in [1.807, 2.05) is 81.4 Å². The molecule has 2 aromatic carbocycles. The first-order valence-electron chi connectivity index (χ1n) is 12.2. The third kappa shape index (κ3) is 6.44. The van der Waals surface area contributed by atoms with E-state index in [4.69, 9.17) is 4.74 Å². The molecular weight excluding hydrogens is 464 g/mol. The number of H-pyrrole nitrogens is 1. The molecule has 4 rings (SSSR count). The van der Waals surface area contributed by atoms with E-state index in [1.54, 1.807) is 42.6 Å². The maximum absolute atomic E-state index is 14.1. The summed E-state index contributed by atoms with van der Waals surface area (Å²) in [5, 5.41) is 3.06. The van der Waals surface area contributed by atoms with Crippen LogP contribution in [0.15, 0.2) is 91.3 Å². The highest BCUT2D eigenvalue weighted by atomic mass is 16.5. The Hall–Kier alpha value is -4.39. The van der Waals surface area contributed by atoms with Gasteiger partial charge in [0.2, 0.25) is 5.91 Å². The minimum absolute atomic E-state index is 0.215. The van der Waals surface area contributed by atoms with Crippen LogP contribution in [0.1, 0.15) is 48.4 Å². The summed E-state index contributed by atoms with van der Waals surface area (Å²) in [6.45, 7) is 5.97. The summed E-state index contributed by atoms with van der Waals surface area (Å²) in [4.78, 5) is 36.7. The van der Waals surface area contributed by atoms with Crippen LogP contribution in [0, 0.1) is 0 Å². The number of carbonyl (C=O) groups is 2. The zero-order valence-electron chi connectivity index (χ0n) is 21.6. The van der Waals surface area contributed by atoms with Gasteiger partial charge in [0, 0.05) is 30.2 Å². The van der Waals surface area contributed by atoms with Crippen molar-refractivity contribution in [3.63, 3.8) is 0 Å². The van der Waals surface area contributed by atoms with E-state index in [2.05, 4.69) is 15.3 Å². The zero-order chi connectivity index (χ0) is 26.4. The molecule has 4 aromatic rings. The van der Waals surface area contributed by atoms with E-state index in [0.29, 0.717) is 11.3 Å². The van der Waals surface area contributed by atoms with Gasteiger partial charge in [0.15, 0.2) is 0 Å². The number of aromatic amines is 1. The first-order chi connectivity index (χ1) is 17.7. The lowest BCUT2D eigenvalue weighted by atomic mass is 10.0. The monoisotopic (exact) mass is 496 g/mol. The van der Waals surface area contributed by atoms with Crippen LogP contribution in [-0.4, -0.2) is 39.3 Å². The van der Waals surface area contributed by atoms with Gasteiger partial charge in [-0.05, 0) is 73.9 Å². The van der Waals surface area contributed by atoms with Crippen molar-refractivity contribution in [3.05, 3.63) is 108 Å². The molecule has 1 atom stereocenters. The number of rotatable bonds is 8. The number of carbonyl (C=O) groups excluding carboxylic acids is 2. The van der Waals surface area contributed by atoms with Gasteiger partial charge in [0.1, 0.15) is 17.5 Å². The van der Waals surface area contributed by atoms with Gasteiger partial charge in [-0.15, -0.1) is 0 Å². The van der Waals surface area contributed by atoms with E-state index in [-0.39, 0.29) is 18.4 Å². The number of hydrogen-bond donors (Lipinski definition) is 2. The Morgan fingerprint density at radius 1 is 0.946 bits per heavy atom. The smallest absolute Gasteiger partial charge is 0.271 e. The predicted molar refractivity (Wildman–Crippen MR) is 144 cm³/mol. The summed E-state index contributed by atoms with van der Waals surface area (Å²) in [6.07, 6.45) is 3.26. The minimum atomic E-state index is -0.875. The van der Waals surface area contributed by atoms with Gasteiger partial charge < -0.3 is 19.9 Å². The van der Waals surface area contributed by atoms with E-state index in [0.717, 1.165) is 22.6 Å². The second kappa shape index (κ2) is 11.1. The van der Waals surface area contributed by atoms with Crippen molar-refractivity contribution in [1.29, 1.82) is 0 Å². The molecule has 1 unspecified atom stereocenters. The molecule has 2 aromatic heterocycles. The molecule has 0 saturated carbocycles. The maximum Gasteiger partial charge on any atom is 0.271 e. The second-order valence-corrected chi connectivity index (χ2v) is 9.86. The Labute approximate surface area is 217 Å². The number of hydrogen-bond acceptors (Lipinski definition) is 4. The highest BCUT2D eigenvalue weighted by Crippen LogP contribution is 2.28. The molecule has 0 aliphatic carbocycles. The highest BCUT2D eigenvalue weighted by molar-refractivity contribution is 5.97. The summed E-state index contributed by atoms with van der Waals surface area (Å²) in [7, 11) is 1.61. The number of amides is 2. The molecule has 7 heteroatoms. The van der Waals surface area contributed by atoms with Crippen molar-refractivity contribution in [2.45, 2.75) is 38.9 Å². The Bertz CT molecular complexity index is 1330. The lowest BCUT2D eigenvalue weighted by Gasteiger charge is -2.33. The Balaban J connectivity index is 1.76. The van der Waals surface area contributed by atoms with Gasteiger partial charge in [0.25, 0.3) is 5.91 Å². The molecule has 0 aliphatic rings. The fourth-order valence-corrected chi connectivity index (χ4v) is 4.13. The fraction of sp³-hybridized carbons (Fsp3) is 0.233. The third-order valence-electron chi connectivity index (χ3n) is 5.85. The Morgan fingerprint density at radius 3 is 2.24 bits per heavy atom.